The largest absolute Gasteiger partial charge is 0.467 e. The Bertz CT molecular complexity index is 1150. The van der Waals surface area contributed by atoms with Gasteiger partial charge in [0.15, 0.2) is 11.0 Å². The molecule has 0 fully saturated rings. The SMILES string of the molecule is O=C(CSc1nnc(-c2ccncc2)n1Cc1ccco1)Nc1ccc(F)cc1F. The molecule has 4 rings (SSSR count). The maximum Gasteiger partial charge on any atom is 0.234 e. The van der Waals surface area contributed by atoms with Gasteiger partial charge < -0.3 is 9.73 Å². The van der Waals surface area contributed by atoms with Crippen LogP contribution in [0, 0.1) is 11.6 Å². The summed E-state index contributed by atoms with van der Waals surface area (Å²) in [4.78, 5) is 16.3. The van der Waals surface area contributed by atoms with Crippen LogP contribution in [-0.2, 0) is 11.3 Å². The maximum absolute atomic E-state index is 13.7. The molecule has 1 aromatic carbocycles. The molecule has 1 N–H and O–H groups in total. The number of nitrogens with one attached hydrogen (secondary N) is 1. The van der Waals surface area contributed by atoms with E-state index < -0.39 is 17.5 Å². The third-order valence-electron chi connectivity index (χ3n) is 4.09. The van der Waals surface area contributed by atoms with Crippen molar-refractivity contribution >= 4 is 23.4 Å². The van der Waals surface area contributed by atoms with Gasteiger partial charge in [-0.1, -0.05) is 11.8 Å². The van der Waals surface area contributed by atoms with Gasteiger partial charge in [0.2, 0.25) is 5.91 Å². The number of rotatable bonds is 7. The minimum Gasteiger partial charge on any atom is -0.467 e. The Kier molecular flexibility index (Phi) is 5.84. The van der Waals surface area contributed by atoms with Gasteiger partial charge in [-0.3, -0.25) is 14.3 Å². The second kappa shape index (κ2) is 8.87. The van der Waals surface area contributed by atoms with Crippen molar-refractivity contribution in [2.75, 3.05) is 11.1 Å². The van der Waals surface area contributed by atoms with Gasteiger partial charge in [-0.2, -0.15) is 0 Å². The van der Waals surface area contributed by atoms with Crippen LogP contribution in [-0.4, -0.2) is 31.4 Å². The number of thioether (sulfide) groups is 1. The molecule has 0 saturated heterocycles. The standard InChI is InChI=1S/C20H15F2N5O2S/c21-14-3-4-17(16(22)10-14)24-18(28)12-30-20-26-25-19(13-5-7-23-8-6-13)27(20)11-15-2-1-9-29-15/h1-10H,11-12H2,(H,24,28). The number of anilines is 1. The summed E-state index contributed by atoms with van der Waals surface area (Å²) < 4.78 is 34.0. The van der Waals surface area contributed by atoms with Crippen LogP contribution in [0.4, 0.5) is 14.5 Å². The van der Waals surface area contributed by atoms with Crippen LogP contribution in [0.2, 0.25) is 0 Å². The van der Waals surface area contributed by atoms with E-state index in [-0.39, 0.29) is 11.4 Å². The summed E-state index contributed by atoms with van der Waals surface area (Å²) in [6.45, 7) is 0.369. The molecular weight excluding hydrogens is 412 g/mol. The highest BCUT2D eigenvalue weighted by Gasteiger charge is 2.17. The lowest BCUT2D eigenvalue weighted by Crippen LogP contribution is -2.16. The van der Waals surface area contributed by atoms with Crippen molar-refractivity contribution in [1.29, 1.82) is 0 Å². The van der Waals surface area contributed by atoms with E-state index in [1.807, 2.05) is 10.6 Å². The van der Waals surface area contributed by atoms with Crippen LogP contribution in [0.25, 0.3) is 11.4 Å². The van der Waals surface area contributed by atoms with Crippen molar-refractivity contribution in [1.82, 2.24) is 19.7 Å². The average Bonchev–Trinajstić information content (AvgIpc) is 3.40. The Balaban J connectivity index is 1.52. The van der Waals surface area contributed by atoms with Crippen LogP contribution in [0.5, 0.6) is 0 Å². The van der Waals surface area contributed by atoms with Crippen LogP contribution in [0.15, 0.2) is 70.7 Å². The van der Waals surface area contributed by atoms with Crippen molar-refractivity contribution in [2.45, 2.75) is 11.7 Å². The molecule has 0 unspecified atom stereocenters. The van der Waals surface area contributed by atoms with Crippen LogP contribution in [0.3, 0.4) is 0 Å². The summed E-state index contributed by atoms with van der Waals surface area (Å²) in [7, 11) is 0. The second-order valence-electron chi connectivity index (χ2n) is 6.17. The number of amides is 1. The molecule has 10 heteroatoms. The highest BCUT2D eigenvalue weighted by Crippen LogP contribution is 2.25. The number of benzene rings is 1. The predicted molar refractivity (Wildman–Crippen MR) is 107 cm³/mol. The fraction of sp³-hybridized carbons (Fsp3) is 0.100. The maximum atomic E-state index is 13.7. The third kappa shape index (κ3) is 4.54. The molecule has 4 aromatic rings. The molecule has 0 aliphatic carbocycles. The van der Waals surface area contributed by atoms with E-state index in [1.54, 1.807) is 36.9 Å². The first-order valence-electron chi connectivity index (χ1n) is 8.84. The van der Waals surface area contributed by atoms with Gasteiger partial charge in [0, 0.05) is 24.0 Å². The third-order valence-corrected chi connectivity index (χ3v) is 5.05. The number of carbonyl (C=O) groups excluding carboxylic acids is 1. The lowest BCUT2D eigenvalue weighted by atomic mass is 10.2. The van der Waals surface area contributed by atoms with E-state index in [2.05, 4.69) is 20.5 Å². The zero-order valence-electron chi connectivity index (χ0n) is 15.5. The fourth-order valence-electron chi connectivity index (χ4n) is 2.72. The number of pyridine rings is 1. The molecule has 3 heterocycles. The number of hydrogen-bond acceptors (Lipinski definition) is 6. The monoisotopic (exact) mass is 427 g/mol. The predicted octanol–water partition coefficient (Wildman–Crippen LogP) is 3.99. The fourth-order valence-corrected chi connectivity index (χ4v) is 3.46. The topological polar surface area (TPSA) is 85.8 Å². The highest BCUT2D eigenvalue weighted by molar-refractivity contribution is 7.99. The molecule has 30 heavy (non-hydrogen) atoms. The second-order valence-corrected chi connectivity index (χ2v) is 7.11. The lowest BCUT2D eigenvalue weighted by Gasteiger charge is -2.09. The molecule has 0 radical (unpaired) electrons. The van der Waals surface area contributed by atoms with Crippen LogP contribution < -0.4 is 5.32 Å². The van der Waals surface area contributed by atoms with Gasteiger partial charge in [-0.05, 0) is 36.4 Å². The molecule has 0 bridgehead atoms. The average molecular weight is 427 g/mol. The molecule has 0 aliphatic heterocycles. The zero-order valence-corrected chi connectivity index (χ0v) is 16.3. The van der Waals surface area contributed by atoms with E-state index >= 15 is 0 Å². The minimum atomic E-state index is -0.839. The van der Waals surface area contributed by atoms with Crippen LogP contribution in [0.1, 0.15) is 5.76 Å². The van der Waals surface area contributed by atoms with Crippen molar-refractivity contribution in [2.24, 2.45) is 0 Å². The number of carbonyl (C=O) groups is 1. The van der Waals surface area contributed by atoms with Crippen molar-refractivity contribution < 1.29 is 18.0 Å². The summed E-state index contributed by atoms with van der Waals surface area (Å²) in [5, 5.41) is 11.4. The summed E-state index contributed by atoms with van der Waals surface area (Å²) in [6.07, 6.45) is 4.88. The normalized spacial score (nSPS) is 10.9. The zero-order chi connectivity index (χ0) is 20.9. The number of aromatic nitrogens is 4. The van der Waals surface area contributed by atoms with Gasteiger partial charge in [0.25, 0.3) is 0 Å². The molecule has 0 aliphatic rings. The molecule has 0 saturated carbocycles. The first kappa shape index (κ1) is 19.8. The first-order chi connectivity index (χ1) is 14.6. The summed E-state index contributed by atoms with van der Waals surface area (Å²) in [6, 6.07) is 10.2. The first-order valence-corrected chi connectivity index (χ1v) is 9.82. The molecule has 7 nitrogen and oxygen atoms in total. The molecule has 0 atom stereocenters. The summed E-state index contributed by atoms with van der Waals surface area (Å²) in [5.74, 6) is -0.748. The number of hydrogen-bond donors (Lipinski definition) is 1. The Hall–Kier alpha value is -3.53. The van der Waals surface area contributed by atoms with E-state index in [0.29, 0.717) is 29.4 Å². The van der Waals surface area contributed by atoms with Crippen molar-refractivity contribution in [3.63, 3.8) is 0 Å². The van der Waals surface area contributed by atoms with Gasteiger partial charge in [-0.15, -0.1) is 10.2 Å². The van der Waals surface area contributed by atoms with Gasteiger partial charge in [0.05, 0.1) is 24.2 Å². The Morgan fingerprint density at radius 1 is 1.13 bits per heavy atom. The van der Waals surface area contributed by atoms with Crippen LogP contribution >= 0.6 is 11.8 Å². The van der Waals surface area contributed by atoms with E-state index in [4.69, 9.17) is 4.42 Å². The molecule has 152 valence electrons. The van der Waals surface area contributed by atoms with Gasteiger partial charge >= 0.3 is 0 Å². The number of nitrogens with zero attached hydrogens (tertiary/aromatic N) is 4. The van der Waals surface area contributed by atoms with Crippen molar-refractivity contribution in [3.05, 3.63) is 78.5 Å². The van der Waals surface area contributed by atoms with E-state index in [0.717, 1.165) is 23.4 Å². The highest BCUT2D eigenvalue weighted by atomic mass is 32.2. The molecular formula is C20H15F2N5O2S. The van der Waals surface area contributed by atoms with Gasteiger partial charge in [-0.25, -0.2) is 8.78 Å². The summed E-state index contributed by atoms with van der Waals surface area (Å²) >= 11 is 1.14. The lowest BCUT2D eigenvalue weighted by molar-refractivity contribution is -0.113. The molecule has 3 aromatic heterocycles. The Morgan fingerprint density at radius 3 is 2.70 bits per heavy atom. The van der Waals surface area contributed by atoms with E-state index in [1.165, 1.54) is 6.07 Å². The van der Waals surface area contributed by atoms with Crippen molar-refractivity contribution in [3.8, 4) is 11.4 Å². The van der Waals surface area contributed by atoms with Gasteiger partial charge in [0.1, 0.15) is 17.4 Å². The van der Waals surface area contributed by atoms with E-state index in [9.17, 15) is 13.6 Å². The minimum absolute atomic E-state index is 0.0382. The Morgan fingerprint density at radius 2 is 1.97 bits per heavy atom. The molecule has 1 amide bonds. The molecule has 0 spiro atoms. The number of halogens is 2. The Labute approximate surface area is 174 Å². The quantitative estimate of drug-likeness (QED) is 0.449. The summed E-state index contributed by atoms with van der Waals surface area (Å²) in [5.41, 5.74) is 0.727. The smallest absolute Gasteiger partial charge is 0.234 e. The number of furan rings is 1.